The molecule has 0 radical (unpaired) electrons. The first kappa shape index (κ1) is 16.6. The Labute approximate surface area is 129 Å². The smallest absolute Gasteiger partial charge is 0.241 e. The highest BCUT2D eigenvalue weighted by Crippen LogP contribution is 2.25. The number of benzene rings is 1. The molecule has 1 rings (SSSR count). The third kappa shape index (κ3) is 5.60. The molecule has 0 unspecified atom stereocenters. The highest BCUT2D eigenvalue weighted by atomic mass is 79.9. The first-order valence-electron chi connectivity index (χ1n) is 5.56. The van der Waals surface area contributed by atoms with Crippen molar-refractivity contribution < 1.29 is 13.2 Å². The number of hydrogen-bond acceptors (Lipinski definition) is 3. The number of halogens is 2. The second-order valence-electron chi connectivity index (χ2n) is 3.90. The van der Waals surface area contributed by atoms with Gasteiger partial charge in [0.05, 0.1) is 4.90 Å². The molecule has 5 nitrogen and oxygen atoms in total. The molecule has 3 N–H and O–H groups in total. The van der Waals surface area contributed by atoms with Crippen LogP contribution in [0.15, 0.2) is 32.0 Å². The molecule has 19 heavy (non-hydrogen) atoms. The number of hydrogen-bond donors (Lipinski definition) is 2. The van der Waals surface area contributed by atoms with Gasteiger partial charge >= 0.3 is 0 Å². The predicted molar refractivity (Wildman–Crippen MR) is 80.1 cm³/mol. The fourth-order valence-corrected chi connectivity index (χ4v) is 4.22. The molecule has 1 aromatic rings. The molecule has 1 amide bonds. The number of unbranched alkanes of at least 4 members (excludes halogenated alkanes) is 1. The van der Waals surface area contributed by atoms with E-state index in [9.17, 15) is 13.2 Å². The van der Waals surface area contributed by atoms with E-state index in [-0.39, 0.29) is 23.8 Å². The number of carbonyl (C=O) groups is 1. The SMILES string of the molecule is NC(=O)CCCCNS(=O)(=O)c1ccc(Br)cc1Br. The average molecular weight is 414 g/mol. The van der Waals surface area contributed by atoms with Gasteiger partial charge in [0, 0.05) is 21.9 Å². The van der Waals surface area contributed by atoms with Gasteiger partial charge in [-0.1, -0.05) is 15.9 Å². The van der Waals surface area contributed by atoms with E-state index in [1.165, 1.54) is 6.07 Å². The van der Waals surface area contributed by atoms with E-state index in [0.717, 1.165) is 4.47 Å². The fourth-order valence-electron chi connectivity index (χ4n) is 1.40. The van der Waals surface area contributed by atoms with Gasteiger partial charge in [0.2, 0.25) is 15.9 Å². The standard InChI is InChI=1S/C11H14Br2N2O3S/c12-8-4-5-10(9(13)7-8)19(17,18)15-6-2-1-3-11(14)16/h4-5,7,15H,1-3,6H2,(H2,14,16). The topological polar surface area (TPSA) is 89.3 Å². The van der Waals surface area contributed by atoms with Crippen LogP contribution in [0.4, 0.5) is 0 Å². The summed E-state index contributed by atoms with van der Waals surface area (Å²) in [6, 6.07) is 4.84. The summed E-state index contributed by atoms with van der Waals surface area (Å²) < 4.78 is 27.8. The van der Waals surface area contributed by atoms with Gasteiger partial charge in [-0.2, -0.15) is 0 Å². The molecule has 0 saturated carbocycles. The Hall–Kier alpha value is -0.440. The lowest BCUT2D eigenvalue weighted by atomic mass is 10.2. The minimum Gasteiger partial charge on any atom is -0.370 e. The van der Waals surface area contributed by atoms with Crippen LogP contribution in [0.2, 0.25) is 0 Å². The second kappa shape index (κ2) is 7.37. The Morgan fingerprint density at radius 1 is 1.26 bits per heavy atom. The summed E-state index contributed by atoms with van der Waals surface area (Å²) in [4.78, 5) is 10.7. The summed E-state index contributed by atoms with van der Waals surface area (Å²) in [5.74, 6) is -0.376. The van der Waals surface area contributed by atoms with E-state index in [1.807, 2.05) is 0 Å². The molecule has 0 heterocycles. The number of sulfonamides is 1. The largest absolute Gasteiger partial charge is 0.370 e. The van der Waals surface area contributed by atoms with Crippen molar-refractivity contribution in [2.45, 2.75) is 24.2 Å². The van der Waals surface area contributed by atoms with Crippen LogP contribution in [0.5, 0.6) is 0 Å². The van der Waals surface area contributed by atoms with E-state index in [4.69, 9.17) is 5.73 Å². The summed E-state index contributed by atoms with van der Waals surface area (Å²) in [5.41, 5.74) is 5.00. The minimum absolute atomic E-state index is 0.186. The number of primary amides is 1. The maximum atomic E-state index is 12.0. The molecule has 8 heteroatoms. The van der Waals surface area contributed by atoms with Crippen LogP contribution in [0.25, 0.3) is 0 Å². The zero-order valence-corrected chi connectivity index (χ0v) is 14.0. The molecule has 0 aliphatic carbocycles. The van der Waals surface area contributed by atoms with Crippen LogP contribution in [-0.2, 0) is 14.8 Å². The van der Waals surface area contributed by atoms with Crippen LogP contribution in [0, 0.1) is 0 Å². The van der Waals surface area contributed by atoms with Gasteiger partial charge in [0.15, 0.2) is 0 Å². The molecule has 1 aromatic carbocycles. The van der Waals surface area contributed by atoms with Gasteiger partial charge in [-0.3, -0.25) is 4.79 Å². The normalized spacial score (nSPS) is 11.5. The first-order chi connectivity index (χ1) is 8.83. The van der Waals surface area contributed by atoms with E-state index in [1.54, 1.807) is 12.1 Å². The van der Waals surface area contributed by atoms with E-state index in [2.05, 4.69) is 36.6 Å². The van der Waals surface area contributed by atoms with Gasteiger partial charge in [-0.05, 0) is 47.0 Å². The van der Waals surface area contributed by atoms with Crippen molar-refractivity contribution in [2.75, 3.05) is 6.54 Å². The lowest BCUT2D eigenvalue weighted by molar-refractivity contribution is -0.118. The van der Waals surface area contributed by atoms with Gasteiger partial charge in [0.1, 0.15) is 0 Å². The maximum absolute atomic E-state index is 12.0. The number of carbonyl (C=O) groups excluding carboxylic acids is 1. The molecule has 0 aliphatic heterocycles. The second-order valence-corrected chi connectivity index (χ2v) is 7.40. The van der Waals surface area contributed by atoms with Crippen LogP contribution in [0.3, 0.4) is 0 Å². The lowest BCUT2D eigenvalue weighted by Crippen LogP contribution is -2.25. The van der Waals surface area contributed by atoms with Crippen molar-refractivity contribution in [3.63, 3.8) is 0 Å². The Morgan fingerprint density at radius 3 is 2.53 bits per heavy atom. The summed E-state index contributed by atoms with van der Waals surface area (Å²) in [6.45, 7) is 0.276. The van der Waals surface area contributed by atoms with Crippen LogP contribution in [0.1, 0.15) is 19.3 Å². The first-order valence-corrected chi connectivity index (χ1v) is 8.63. The zero-order valence-electron chi connectivity index (χ0n) is 10.0. The van der Waals surface area contributed by atoms with Crippen molar-refractivity contribution in [2.24, 2.45) is 5.73 Å². The summed E-state index contributed by atoms with van der Waals surface area (Å²) in [5, 5.41) is 0. The molecular formula is C11H14Br2N2O3S. The Bertz CT molecular complexity index is 561. The molecule has 0 aliphatic rings. The molecule has 0 saturated heterocycles. The summed E-state index contributed by atoms with van der Waals surface area (Å²) in [6.07, 6.45) is 1.40. The highest BCUT2D eigenvalue weighted by molar-refractivity contribution is 9.11. The maximum Gasteiger partial charge on any atom is 0.241 e. The number of rotatable bonds is 7. The van der Waals surface area contributed by atoms with Gasteiger partial charge < -0.3 is 5.73 Å². The molecule has 0 fully saturated rings. The van der Waals surface area contributed by atoms with Crippen molar-refractivity contribution >= 4 is 47.8 Å². The number of nitrogens with two attached hydrogens (primary N) is 1. The monoisotopic (exact) mass is 412 g/mol. The predicted octanol–water partition coefficient (Wildman–Crippen LogP) is 2.15. The molecule has 0 bridgehead atoms. The third-order valence-electron chi connectivity index (χ3n) is 2.33. The number of nitrogens with one attached hydrogen (secondary N) is 1. The Morgan fingerprint density at radius 2 is 1.95 bits per heavy atom. The van der Waals surface area contributed by atoms with E-state index >= 15 is 0 Å². The summed E-state index contributed by atoms with van der Waals surface area (Å²) >= 11 is 6.48. The van der Waals surface area contributed by atoms with Crippen molar-refractivity contribution in [1.82, 2.24) is 4.72 Å². The summed E-state index contributed by atoms with van der Waals surface area (Å²) in [7, 11) is -3.54. The van der Waals surface area contributed by atoms with Gasteiger partial charge in [0.25, 0.3) is 0 Å². The van der Waals surface area contributed by atoms with Crippen molar-refractivity contribution in [1.29, 1.82) is 0 Å². The fraction of sp³-hybridized carbons (Fsp3) is 0.364. The van der Waals surface area contributed by atoms with Crippen molar-refractivity contribution in [3.8, 4) is 0 Å². The Kier molecular flexibility index (Phi) is 6.45. The molecular weight excluding hydrogens is 400 g/mol. The average Bonchev–Trinajstić information content (AvgIpc) is 2.27. The zero-order chi connectivity index (χ0) is 14.5. The van der Waals surface area contributed by atoms with E-state index in [0.29, 0.717) is 17.3 Å². The molecule has 0 aromatic heterocycles. The van der Waals surface area contributed by atoms with Crippen LogP contribution < -0.4 is 10.5 Å². The molecule has 0 atom stereocenters. The quantitative estimate of drug-likeness (QED) is 0.671. The third-order valence-corrected chi connectivity index (χ3v) is 5.26. The molecule has 106 valence electrons. The minimum atomic E-state index is -3.54. The highest BCUT2D eigenvalue weighted by Gasteiger charge is 2.16. The van der Waals surface area contributed by atoms with Gasteiger partial charge in [-0.25, -0.2) is 13.1 Å². The van der Waals surface area contributed by atoms with Crippen LogP contribution in [-0.4, -0.2) is 20.9 Å². The van der Waals surface area contributed by atoms with Crippen molar-refractivity contribution in [3.05, 3.63) is 27.1 Å². The number of amides is 1. The van der Waals surface area contributed by atoms with Gasteiger partial charge in [-0.15, -0.1) is 0 Å². The Balaban J connectivity index is 2.59. The van der Waals surface area contributed by atoms with E-state index < -0.39 is 10.0 Å². The molecule has 0 spiro atoms. The van der Waals surface area contributed by atoms with Crippen LogP contribution >= 0.6 is 31.9 Å². The lowest BCUT2D eigenvalue weighted by Gasteiger charge is -2.08.